The van der Waals surface area contributed by atoms with Crippen LogP contribution in [0.4, 0.5) is 14.5 Å². The molecule has 7 heteroatoms. The number of anilines is 1. The Bertz CT molecular complexity index is 1160. The van der Waals surface area contributed by atoms with Crippen molar-refractivity contribution in [2.45, 2.75) is 18.5 Å². The van der Waals surface area contributed by atoms with Gasteiger partial charge < -0.3 is 4.90 Å². The molecule has 2 atom stereocenters. The molecule has 0 amide bonds. The van der Waals surface area contributed by atoms with Gasteiger partial charge in [0.15, 0.2) is 0 Å². The summed E-state index contributed by atoms with van der Waals surface area (Å²) in [5.41, 5.74) is 1.20. The van der Waals surface area contributed by atoms with E-state index in [9.17, 15) is 13.6 Å². The summed E-state index contributed by atoms with van der Waals surface area (Å²) in [5, 5.41) is 0.483. The number of likely N-dealkylation sites (N-methyl/N-ethyl adjacent to an activating group) is 1. The lowest BCUT2D eigenvalue weighted by atomic mass is 10.1. The van der Waals surface area contributed by atoms with Gasteiger partial charge >= 0.3 is 0 Å². The second kappa shape index (κ2) is 6.10. The molecule has 1 aromatic heterocycles. The Morgan fingerprint density at radius 2 is 1.86 bits per heavy atom. The Hall–Kier alpha value is -2.80. The molecule has 2 fully saturated rings. The van der Waals surface area contributed by atoms with Crippen molar-refractivity contribution in [3.05, 3.63) is 58.4 Å². The highest BCUT2D eigenvalue weighted by atomic mass is 19.1. The number of likely N-dealkylation sites (tertiary alicyclic amines) is 1. The van der Waals surface area contributed by atoms with E-state index < -0.39 is 11.6 Å². The van der Waals surface area contributed by atoms with Gasteiger partial charge in [0.1, 0.15) is 17.5 Å². The molecule has 2 aliphatic heterocycles. The number of fused-ring (bicyclic) bond motifs is 3. The highest BCUT2D eigenvalue weighted by Crippen LogP contribution is 2.34. The zero-order valence-corrected chi connectivity index (χ0v) is 15.7. The summed E-state index contributed by atoms with van der Waals surface area (Å²) in [6.45, 7) is 1.98. The molecular formula is C21H20F2N4O. The maximum absolute atomic E-state index is 14.2. The average molecular weight is 382 g/mol. The van der Waals surface area contributed by atoms with Crippen molar-refractivity contribution in [1.82, 2.24) is 14.5 Å². The first kappa shape index (κ1) is 17.3. The van der Waals surface area contributed by atoms with Crippen LogP contribution in [0.25, 0.3) is 22.3 Å². The molecule has 0 saturated carbocycles. The third-order valence-corrected chi connectivity index (χ3v) is 6.07. The van der Waals surface area contributed by atoms with Crippen LogP contribution in [-0.2, 0) is 7.05 Å². The largest absolute Gasteiger partial charge is 0.366 e. The summed E-state index contributed by atoms with van der Waals surface area (Å²) in [4.78, 5) is 22.2. The van der Waals surface area contributed by atoms with E-state index in [4.69, 9.17) is 0 Å². The predicted molar refractivity (Wildman–Crippen MR) is 105 cm³/mol. The Labute approximate surface area is 160 Å². The molecule has 0 aliphatic carbocycles. The van der Waals surface area contributed by atoms with Crippen LogP contribution in [0.15, 0.2) is 41.2 Å². The van der Waals surface area contributed by atoms with Crippen LogP contribution in [-0.4, -0.2) is 46.7 Å². The molecule has 0 unspecified atom stereocenters. The number of aromatic nitrogens is 2. The summed E-state index contributed by atoms with van der Waals surface area (Å²) >= 11 is 0. The quantitative estimate of drug-likeness (QED) is 0.684. The Balaban J connectivity index is 1.62. The first-order valence-electron chi connectivity index (χ1n) is 9.35. The van der Waals surface area contributed by atoms with Crippen molar-refractivity contribution in [3.63, 3.8) is 0 Å². The molecule has 2 bridgehead atoms. The number of piperazine rings is 1. The molecule has 5 rings (SSSR count). The molecule has 28 heavy (non-hydrogen) atoms. The lowest BCUT2D eigenvalue weighted by Crippen LogP contribution is -2.44. The third kappa shape index (κ3) is 2.53. The van der Waals surface area contributed by atoms with Crippen molar-refractivity contribution in [2.75, 3.05) is 25.0 Å². The fraction of sp³-hybridized carbons (Fsp3) is 0.333. The molecule has 2 aliphatic rings. The molecule has 0 N–H and O–H groups in total. The number of benzene rings is 2. The zero-order chi connectivity index (χ0) is 19.6. The number of hydrogen-bond acceptors (Lipinski definition) is 4. The van der Waals surface area contributed by atoms with Crippen molar-refractivity contribution in [1.29, 1.82) is 0 Å². The van der Waals surface area contributed by atoms with Crippen molar-refractivity contribution >= 4 is 16.6 Å². The summed E-state index contributed by atoms with van der Waals surface area (Å²) in [7, 11) is 3.68. The van der Waals surface area contributed by atoms with E-state index >= 15 is 0 Å². The van der Waals surface area contributed by atoms with E-state index in [-0.39, 0.29) is 16.9 Å². The summed E-state index contributed by atoms with van der Waals surface area (Å²) in [6, 6.07) is 9.80. The standard InChI is InChI=1S/C21H20F2N4O/c1-25-10-15-8-14(25)11-27(15)13-4-6-19-17(9-13)21(28)26(2)20(24-19)16-7-12(22)3-5-18(16)23/h3-7,9,14-15H,8,10-11H2,1-2H3/t14-,15-/m0/s1. The van der Waals surface area contributed by atoms with Crippen molar-refractivity contribution < 1.29 is 8.78 Å². The molecule has 144 valence electrons. The molecule has 5 nitrogen and oxygen atoms in total. The van der Waals surface area contributed by atoms with Crippen LogP contribution >= 0.6 is 0 Å². The maximum atomic E-state index is 14.2. The second-order valence-electron chi connectivity index (χ2n) is 7.76. The average Bonchev–Trinajstić information content (AvgIpc) is 3.26. The number of rotatable bonds is 2. The van der Waals surface area contributed by atoms with E-state index in [1.54, 1.807) is 6.07 Å². The minimum atomic E-state index is -0.614. The van der Waals surface area contributed by atoms with Crippen LogP contribution in [0.2, 0.25) is 0 Å². The van der Waals surface area contributed by atoms with Gasteiger partial charge in [0.05, 0.1) is 16.5 Å². The number of nitrogens with zero attached hydrogens (tertiary/aromatic N) is 4. The number of hydrogen-bond donors (Lipinski definition) is 0. The number of halogens is 2. The van der Waals surface area contributed by atoms with E-state index in [1.807, 2.05) is 12.1 Å². The zero-order valence-electron chi connectivity index (χ0n) is 15.7. The smallest absolute Gasteiger partial charge is 0.261 e. The minimum absolute atomic E-state index is 0.0227. The summed E-state index contributed by atoms with van der Waals surface area (Å²) in [6.07, 6.45) is 1.14. The van der Waals surface area contributed by atoms with Gasteiger partial charge in [-0.1, -0.05) is 0 Å². The molecule has 0 radical (unpaired) electrons. The topological polar surface area (TPSA) is 41.4 Å². The molecule has 2 aromatic carbocycles. The normalized spacial score (nSPS) is 21.8. The second-order valence-corrected chi connectivity index (χ2v) is 7.76. The molecule has 0 spiro atoms. The van der Waals surface area contributed by atoms with Crippen LogP contribution in [0.1, 0.15) is 6.42 Å². The fourth-order valence-corrected chi connectivity index (χ4v) is 4.53. The summed E-state index contributed by atoms with van der Waals surface area (Å²) < 4.78 is 29.1. The SMILES string of the molecule is CN1C[C@@H]2C[C@H]1CN2c1ccc2nc(-c3cc(F)ccc3F)n(C)c(=O)c2c1. The Morgan fingerprint density at radius 1 is 1.04 bits per heavy atom. The first-order chi connectivity index (χ1) is 13.4. The maximum Gasteiger partial charge on any atom is 0.261 e. The molecular weight excluding hydrogens is 362 g/mol. The van der Waals surface area contributed by atoms with Crippen LogP contribution in [0, 0.1) is 11.6 Å². The Morgan fingerprint density at radius 3 is 2.57 bits per heavy atom. The van der Waals surface area contributed by atoms with Gasteiger partial charge in [-0.15, -0.1) is 0 Å². The monoisotopic (exact) mass is 382 g/mol. The van der Waals surface area contributed by atoms with E-state index in [0.717, 1.165) is 43.4 Å². The van der Waals surface area contributed by atoms with Crippen molar-refractivity contribution in [2.24, 2.45) is 7.05 Å². The molecule has 2 saturated heterocycles. The van der Waals surface area contributed by atoms with E-state index in [0.29, 0.717) is 23.0 Å². The van der Waals surface area contributed by atoms with Gasteiger partial charge in [-0.3, -0.25) is 14.3 Å². The Kier molecular flexibility index (Phi) is 3.77. The van der Waals surface area contributed by atoms with Gasteiger partial charge in [0.25, 0.3) is 5.56 Å². The summed E-state index contributed by atoms with van der Waals surface area (Å²) in [5.74, 6) is -1.07. The highest BCUT2D eigenvalue weighted by Gasteiger charge is 2.41. The van der Waals surface area contributed by atoms with Gasteiger partial charge in [0.2, 0.25) is 0 Å². The molecule has 3 aromatic rings. The van der Waals surface area contributed by atoms with Crippen LogP contribution < -0.4 is 10.5 Å². The fourth-order valence-electron chi connectivity index (χ4n) is 4.53. The van der Waals surface area contributed by atoms with Gasteiger partial charge in [-0.05, 0) is 49.9 Å². The third-order valence-electron chi connectivity index (χ3n) is 6.07. The van der Waals surface area contributed by atoms with Crippen molar-refractivity contribution in [3.8, 4) is 11.4 Å². The highest BCUT2D eigenvalue weighted by molar-refractivity contribution is 5.83. The first-order valence-corrected chi connectivity index (χ1v) is 9.35. The minimum Gasteiger partial charge on any atom is -0.366 e. The molecule has 3 heterocycles. The predicted octanol–water partition coefficient (Wildman–Crippen LogP) is 2.77. The lowest BCUT2D eigenvalue weighted by Gasteiger charge is -2.33. The van der Waals surface area contributed by atoms with Gasteiger partial charge in [0, 0.05) is 37.9 Å². The van der Waals surface area contributed by atoms with E-state index in [2.05, 4.69) is 21.8 Å². The van der Waals surface area contributed by atoms with Crippen LogP contribution in [0.3, 0.4) is 0 Å². The van der Waals surface area contributed by atoms with E-state index in [1.165, 1.54) is 11.6 Å². The van der Waals surface area contributed by atoms with Gasteiger partial charge in [-0.25, -0.2) is 13.8 Å². The van der Waals surface area contributed by atoms with Gasteiger partial charge in [-0.2, -0.15) is 0 Å². The lowest BCUT2D eigenvalue weighted by molar-refractivity contribution is 0.292. The van der Waals surface area contributed by atoms with Crippen LogP contribution in [0.5, 0.6) is 0 Å².